The fraction of sp³-hybridized carbons (Fsp3) is 0.227. The van der Waals surface area contributed by atoms with Crippen molar-refractivity contribution < 1.29 is 19.2 Å². The Morgan fingerprint density at radius 2 is 2.09 bits per heavy atom. The summed E-state index contributed by atoms with van der Waals surface area (Å²) in [5, 5.41) is 26.3. The highest BCUT2D eigenvalue weighted by molar-refractivity contribution is 6.30. The molecule has 0 aliphatic heterocycles. The number of benzene rings is 1. The van der Waals surface area contributed by atoms with Gasteiger partial charge in [-0.25, -0.2) is 9.97 Å². The van der Waals surface area contributed by atoms with Crippen molar-refractivity contribution in [1.29, 1.82) is 5.26 Å². The van der Waals surface area contributed by atoms with E-state index < -0.39 is 17.2 Å². The quantitative estimate of drug-likeness (QED) is 0.308. The molecule has 2 heterocycles. The zero-order chi connectivity index (χ0) is 22.7. The molecule has 1 aromatic carbocycles. The number of hydrogen-bond acceptors (Lipinski definition) is 8. The molecule has 4 rings (SSSR count). The van der Waals surface area contributed by atoms with Gasteiger partial charge in [-0.05, 0) is 37.8 Å². The predicted molar refractivity (Wildman–Crippen MR) is 116 cm³/mol. The van der Waals surface area contributed by atoms with Gasteiger partial charge in [0.25, 0.3) is 5.91 Å². The molecule has 0 spiro atoms. The summed E-state index contributed by atoms with van der Waals surface area (Å²) >= 11 is 5.99. The Balaban J connectivity index is 1.63. The van der Waals surface area contributed by atoms with Crippen LogP contribution in [0.1, 0.15) is 24.2 Å². The Bertz CT molecular complexity index is 1230. The molecule has 0 atom stereocenters. The summed E-state index contributed by atoms with van der Waals surface area (Å²) in [6.07, 6.45) is 4.94. The molecule has 2 N–H and O–H groups in total. The van der Waals surface area contributed by atoms with Crippen LogP contribution in [-0.2, 0) is 4.79 Å². The molecular formula is C22H18ClN5O4. The van der Waals surface area contributed by atoms with Gasteiger partial charge in [-0.3, -0.25) is 10.1 Å². The molecular weight excluding hydrogens is 434 g/mol. The number of amides is 1. The second-order valence-electron chi connectivity index (χ2n) is 7.25. The molecule has 1 fully saturated rings. The molecule has 10 heteroatoms. The maximum Gasteiger partial charge on any atom is 0.272 e. The van der Waals surface area contributed by atoms with E-state index in [1.807, 2.05) is 0 Å². The van der Waals surface area contributed by atoms with E-state index in [-0.39, 0.29) is 17.3 Å². The van der Waals surface area contributed by atoms with E-state index in [4.69, 9.17) is 20.9 Å². The number of carbonyl (C=O) groups excluding carboxylic acids is 1. The van der Waals surface area contributed by atoms with Gasteiger partial charge in [0.2, 0.25) is 5.95 Å². The number of aliphatic hydroxyl groups excluding tert-OH is 1. The molecule has 0 saturated heterocycles. The molecule has 9 nitrogen and oxygen atoms in total. The second kappa shape index (κ2) is 9.08. The Labute approximate surface area is 188 Å². The third-order valence-electron chi connectivity index (χ3n) is 4.85. The zero-order valence-electron chi connectivity index (χ0n) is 17.0. The Hall–Kier alpha value is -3.90. The minimum Gasteiger partial charge on any atom is -0.506 e. The summed E-state index contributed by atoms with van der Waals surface area (Å²) in [5.74, 6) is -0.219. The third-order valence-corrected chi connectivity index (χ3v) is 5.10. The number of ether oxygens (including phenoxy) is 1. The van der Waals surface area contributed by atoms with Crippen molar-refractivity contribution in [1.82, 2.24) is 15.1 Å². The minimum atomic E-state index is -0.876. The lowest BCUT2D eigenvalue weighted by Crippen LogP contribution is -2.17. The molecule has 1 saturated carbocycles. The first kappa shape index (κ1) is 21.3. The van der Waals surface area contributed by atoms with Crippen LogP contribution in [0.4, 0.5) is 5.95 Å². The van der Waals surface area contributed by atoms with Gasteiger partial charge < -0.3 is 14.4 Å². The number of halogens is 1. The average molecular weight is 452 g/mol. The topological polar surface area (TPSA) is 134 Å². The normalized spacial score (nSPS) is 13.8. The van der Waals surface area contributed by atoms with Gasteiger partial charge >= 0.3 is 0 Å². The molecule has 1 aliphatic carbocycles. The minimum absolute atomic E-state index is 0.0543. The van der Waals surface area contributed by atoms with Crippen LogP contribution in [-0.4, -0.2) is 32.7 Å². The molecule has 2 aromatic heterocycles. The van der Waals surface area contributed by atoms with Gasteiger partial charge in [-0.1, -0.05) is 28.9 Å². The number of carbonyl (C=O) groups is 1. The van der Waals surface area contributed by atoms with Crippen LogP contribution in [0, 0.1) is 24.2 Å². The number of aryl methyl sites for hydroxylation is 1. The molecule has 3 aromatic rings. The van der Waals surface area contributed by atoms with Crippen molar-refractivity contribution in [2.24, 2.45) is 5.92 Å². The molecule has 1 aliphatic rings. The Kier molecular flexibility index (Phi) is 6.05. The van der Waals surface area contributed by atoms with Gasteiger partial charge in [0.15, 0.2) is 17.1 Å². The largest absolute Gasteiger partial charge is 0.506 e. The summed E-state index contributed by atoms with van der Waals surface area (Å²) in [6.45, 7) is 2.11. The lowest BCUT2D eigenvalue weighted by Gasteiger charge is -2.12. The SMILES string of the molecule is Cc1oncc1/C(O)=C(\C#N)C(=O)Nc1ncc(OCC2CC2)c(-c2ccc(Cl)cc2)n1. The van der Waals surface area contributed by atoms with E-state index in [1.165, 1.54) is 12.4 Å². The maximum atomic E-state index is 12.7. The number of aliphatic hydroxyl groups is 1. The first-order valence-electron chi connectivity index (χ1n) is 9.78. The predicted octanol–water partition coefficient (Wildman–Crippen LogP) is 4.31. The average Bonchev–Trinajstić information content (AvgIpc) is 3.52. The van der Waals surface area contributed by atoms with Crippen molar-refractivity contribution >= 4 is 29.2 Å². The van der Waals surface area contributed by atoms with Crippen LogP contribution in [0.15, 0.2) is 46.8 Å². The number of nitrogens with one attached hydrogen (secondary N) is 1. The van der Waals surface area contributed by atoms with Gasteiger partial charge in [-0.2, -0.15) is 5.26 Å². The van der Waals surface area contributed by atoms with E-state index in [0.29, 0.717) is 29.0 Å². The number of nitriles is 1. The standard InChI is InChI=1S/C22H18ClN5O4/c1-12-17(9-26-32-12)20(29)16(8-24)21(30)28-22-25-10-18(31-11-13-2-3-13)19(27-22)14-4-6-15(23)7-5-14/h4-7,9-10,13,29H,2-3,11H2,1H3,(H,25,27,28,30)/b20-16-. The number of anilines is 1. The third kappa shape index (κ3) is 4.71. The molecule has 0 radical (unpaired) electrons. The second-order valence-corrected chi connectivity index (χ2v) is 7.69. The molecule has 1 amide bonds. The highest BCUT2D eigenvalue weighted by Gasteiger charge is 2.24. The van der Waals surface area contributed by atoms with E-state index in [0.717, 1.165) is 18.4 Å². The molecule has 32 heavy (non-hydrogen) atoms. The number of aromatic nitrogens is 3. The molecule has 0 bridgehead atoms. The Morgan fingerprint density at radius 3 is 2.72 bits per heavy atom. The smallest absolute Gasteiger partial charge is 0.272 e. The lowest BCUT2D eigenvalue weighted by molar-refractivity contribution is -0.112. The van der Waals surface area contributed by atoms with Gasteiger partial charge in [0, 0.05) is 10.6 Å². The molecule has 0 unspecified atom stereocenters. The monoisotopic (exact) mass is 451 g/mol. The fourth-order valence-corrected chi connectivity index (χ4v) is 3.01. The lowest BCUT2D eigenvalue weighted by atomic mass is 10.1. The van der Waals surface area contributed by atoms with Crippen LogP contribution in [0.5, 0.6) is 5.75 Å². The van der Waals surface area contributed by atoms with Crippen molar-refractivity contribution in [3.63, 3.8) is 0 Å². The van der Waals surface area contributed by atoms with Gasteiger partial charge in [-0.15, -0.1) is 0 Å². The summed E-state index contributed by atoms with van der Waals surface area (Å²) in [7, 11) is 0. The van der Waals surface area contributed by atoms with Crippen molar-refractivity contribution in [2.45, 2.75) is 19.8 Å². The zero-order valence-corrected chi connectivity index (χ0v) is 17.8. The summed E-state index contributed by atoms with van der Waals surface area (Å²) in [4.78, 5) is 21.2. The summed E-state index contributed by atoms with van der Waals surface area (Å²) in [5.41, 5.74) is 0.802. The van der Waals surface area contributed by atoms with Gasteiger partial charge in [0.1, 0.15) is 17.5 Å². The Morgan fingerprint density at radius 1 is 1.34 bits per heavy atom. The summed E-state index contributed by atoms with van der Waals surface area (Å²) in [6, 6.07) is 8.69. The van der Waals surface area contributed by atoms with Crippen LogP contribution >= 0.6 is 11.6 Å². The first-order chi connectivity index (χ1) is 15.5. The fourth-order valence-electron chi connectivity index (χ4n) is 2.88. The highest BCUT2D eigenvalue weighted by atomic mass is 35.5. The highest BCUT2D eigenvalue weighted by Crippen LogP contribution is 2.33. The number of rotatable bonds is 7. The van der Waals surface area contributed by atoms with Crippen LogP contribution < -0.4 is 10.1 Å². The first-order valence-corrected chi connectivity index (χ1v) is 10.2. The molecule has 162 valence electrons. The number of hydrogen-bond donors (Lipinski definition) is 2. The van der Waals surface area contributed by atoms with Crippen molar-refractivity contribution in [2.75, 3.05) is 11.9 Å². The maximum absolute atomic E-state index is 12.7. The summed E-state index contributed by atoms with van der Waals surface area (Å²) < 4.78 is 10.8. The van der Waals surface area contributed by atoms with E-state index in [2.05, 4.69) is 20.4 Å². The number of nitrogens with zero attached hydrogens (tertiary/aromatic N) is 4. The van der Waals surface area contributed by atoms with Crippen LogP contribution in [0.25, 0.3) is 17.0 Å². The van der Waals surface area contributed by atoms with E-state index in [9.17, 15) is 15.2 Å². The van der Waals surface area contributed by atoms with Gasteiger partial charge in [0.05, 0.1) is 24.6 Å². The van der Waals surface area contributed by atoms with E-state index >= 15 is 0 Å². The van der Waals surface area contributed by atoms with Crippen molar-refractivity contribution in [3.8, 4) is 23.1 Å². The van der Waals surface area contributed by atoms with Crippen LogP contribution in [0.3, 0.4) is 0 Å². The van der Waals surface area contributed by atoms with E-state index in [1.54, 1.807) is 37.3 Å². The van der Waals surface area contributed by atoms with Crippen molar-refractivity contribution in [3.05, 3.63) is 58.6 Å². The van der Waals surface area contributed by atoms with Crippen LogP contribution in [0.2, 0.25) is 5.02 Å².